The van der Waals surface area contributed by atoms with Crippen molar-refractivity contribution in [2.45, 2.75) is 57.9 Å². The average molecular weight is 505 g/mol. The van der Waals surface area contributed by atoms with Crippen LogP contribution in [0.2, 0.25) is 0 Å². The number of aliphatic hydroxyl groups is 1. The van der Waals surface area contributed by atoms with Crippen molar-refractivity contribution in [3.63, 3.8) is 0 Å². The third-order valence-corrected chi connectivity index (χ3v) is 6.21. The lowest BCUT2D eigenvalue weighted by atomic mass is 9.88. The fraction of sp³-hybridized carbons (Fsp3) is 0.367. The first-order valence-corrected chi connectivity index (χ1v) is 12.5. The van der Waals surface area contributed by atoms with Crippen LogP contribution in [0.15, 0.2) is 65.1 Å². The number of rotatable bonds is 5. The molecular weight excluding hydrogens is 471 g/mol. The molecule has 2 aromatic carbocycles. The van der Waals surface area contributed by atoms with Crippen LogP contribution in [0.25, 0.3) is 0 Å². The maximum Gasteiger partial charge on any atom is 0.407 e. The van der Waals surface area contributed by atoms with Gasteiger partial charge in [-0.25, -0.2) is 9.18 Å². The first-order chi connectivity index (χ1) is 17.7. The predicted molar refractivity (Wildman–Crippen MR) is 139 cm³/mol. The number of furan rings is 1. The van der Waals surface area contributed by atoms with E-state index >= 15 is 0 Å². The van der Waals surface area contributed by atoms with E-state index in [1.54, 1.807) is 30.3 Å². The smallest absolute Gasteiger partial charge is 0.407 e. The Labute approximate surface area is 217 Å². The largest absolute Gasteiger partial charge is 0.448 e. The molecule has 1 fully saturated rings. The molecule has 37 heavy (non-hydrogen) atoms. The highest BCUT2D eigenvalue weighted by atomic mass is 19.1. The van der Waals surface area contributed by atoms with Gasteiger partial charge in [-0.2, -0.15) is 0 Å². The summed E-state index contributed by atoms with van der Waals surface area (Å²) in [6, 6.07) is 18.0. The fourth-order valence-electron chi connectivity index (χ4n) is 4.35. The Bertz CT molecular complexity index is 1280. The van der Waals surface area contributed by atoms with Gasteiger partial charge in [0.2, 0.25) is 0 Å². The Morgan fingerprint density at radius 1 is 1.14 bits per heavy atom. The lowest BCUT2D eigenvalue weighted by Gasteiger charge is -2.34. The van der Waals surface area contributed by atoms with E-state index in [2.05, 4.69) is 29.3 Å². The molecule has 1 atom stereocenters. The number of hydrogen-bond donors (Lipinski definition) is 2. The van der Waals surface area contributed by atoms with Gasteiger partial charge in [0, 0.05) is 19.6 Å². The van der Waals surface area contributed by atoms with E-state index in [9.17, 15) is 14.3 Å². The van der Waals surface area contributed by atoms with Crippen LogP contribution < -0.4 is 5.32 Å². The Kier molecular flexibility index (Phi) is 8.32. The van der Waals surface area contributed by atoms with Crippen molar-refractivity contribution >= 4 is 6.09 Å². The van der Waals surface area contributed by atoms with Crippen LogP contribution in [0.5, 0.6) is 0 Å². The topological polar surface area (TPSA) is 74.9 Å². The van der Waals surface area contributed by atoms with Crippen molar-refractivity contribution in [2.24, 2.45) is 0 Å². The normalized spacial score (nSPS) is 15.5. The van der Waals surface area contributed by atoms with Crippen molar-refractivity contribution in [1.82, 2.24) is 10.2 Å². The number of nitrogens with one attached hydrogen (secondary N) is 1. The molecule has 1 aliphatic heterocycles. The van der Waals surface area contributed by atoms with Gasteiger partial charge in [0.15, 0.2) is 12.0 Å². The number of likely N-dealkylation sites (tertiary alicyclic amines) is 1. The monoisotopic (exact) mass is 504 g/mol. The summed E-state index contributed by atoms with van der Waals surface area (Å²) >= 11 is 0. The molecule has 3 aromatic rings. The summed E-state index contributed by atoms with van der Waals surface area (Å²) in [5, 5.41) is 13.7. The van der Waals surface area contributed by atoms with Crippen molar-refractivity contribution < 1.29 is 23.4 Å². The van der Waals surface area contributed by atoms with Crippen LogP contribution in [-0.2, 0) is 11.3 Å². The number of carbonyl (C=O) groups is 1. The molecule has 0 spiro atoms. The summed E-state index contributed by atoms with van der Waals surface area (Å²) in [4.78, 5) is 13.9. The second kappa shape index (κ2) is 11.6. The summed E-state index contributed by atoms with van der Waals surface area (Å²) in [6.07, 6.45) is 0.482. The van der Waals surface area contributed by atoms with Gasteiger partial charge in [0.25, 0.3) is 0 Å². The lowest BCUT2D eigenvalue weighted by Crippen LogP contribution is -2.36. The molecule has 7 heteroatoms. The number of carbonyl (C=O) groups excluding carboxylic acids is 1. The van der Waals surface area contributed by atoms with Gasteiger partial charge >= 0.3 is 6.09 Å². The molecule has 6 nitrogen and oxygen atoms in total. The number of halogens is 1. The molecular formula is C30H33FN2O4. The van der Waals surface area contributed by atoms with Gasteiger partial charge in [0.1, 0.15) is 17.2 Å². The first-order valence-electron chi connectivity index (χ1n) is 12.5. The van der Waals surface area contributed by atoms with Crippen molar-refractivity contribution in [3.05, 3.63) is 94.7 Å². The molecule has 2 N–H and O–H groups in total. The summed E-state index contributed by atoms with van der Waals surface area (Å²) < 4.78 is 24.8. The molecule has 4 rings (SSSR count). The van der Waals surface area contributed by atoms with Gasteiger partial charge < -0.3 is 19.6 Å². The number of benzene rings is 2. The van der Waals surface area contributed by atoms with E-state index in [1.807, 2.05) is 37.8 Å². The van der Waals surface area contributed by atoms with Crippen molar-refractivity contribution in [3.8, 4) is 11.8 Å². The van der Waals surface area contributed by atoms with E-state index in [1.165, 1.54) is 11.6 Å². The van der Waals surface area contributed by atoms with Crippen LogP contribution in [0.3, 0.4) is 0 Å². The highest BCUT2D eigenvalue weighted by molar-refractivity contribution is 5.67. The number of amides is 1. The second-order valence-electron chi connectivity index (χ2n) is 10.2. The minimum absolute atomic E-state index is 0.299. The van der Waals surface area contributed by atoms with E-state index < -0.39 is 17.9 Å². The van der Waals surface area contributed by atoms with E-state index in [-0.39, 0.29) is 5.82 Å². The summed E-state index contributed by atoms with van der Waals surface area (Å²) in [7, 11) is 0. The molecule has 1 aromatic heterocycles. The van der Waals surface area contributed by atoms with Crippen molar-refractivity contribution in [2.75, 3.05) is 13.1 Å². The zero-order chi connectivity index (χ0) is 26.4. The second-order valence-corrected chi connectivity index (χ2v) is 10.2. The maximum atomic E-state index is 13.8. The molecule has 0 radical (unpaired) electrons. The highest BCUT2D eigenvalue weighted by Gasteiger charge is 2.27. The SMILES string of the molecule is CC(C)(C)OC(=O)NCc1cccc(C2CCN(C(O)c3ccc(C#Cc4ccccc4F)o3)CC2)c1. The average Bonchev–Trinajstić information content (AvgIpc) is 3.35. The molecule has 1 amide bonds. The summed E-state index contributed by atoms with van der Waals surface area (Å²) in [5.41, 5.74) is 2.01. The molecule has 1 aliphatic rings. The fourth-order valence-corrected chi connectivity index (χ4v) is 4.35. The first kappa shape index (κ1) is 26.5. The zero-order valence-corrected chi connectivity index (χ0v) is 21.5. The number of piperidine rings is 1. The molecule has 0 saturated carbocycles. The number of alkyl carbamates (subject to hydrolysis) is 1. The van der Waals surface area contributed by atoms with Crippen LogP contribution in [0, 0.1) is 17.7 Å². The molecule has 1 unspecified atom stereocenters. The molecule has 2 heterocycles. The number of ether oxygens (including phenoxy) is 1. The van der Waals surface area contributed by atoms with Gasteiger partial charge in [-0.3, -0.25) is 4.90 Å². The molecule has 0 aliphatic carbocycles. The zero-order valence-electron chi connectivity index (χ0n) is 21.5. The quantitative estimate of drug-likeness (QED) is 0.435. The van der Waals surface area contributed by atoms with Gasteiger partial charge in [-0.05, 0) is 80.8 Å². The van der Waals surface area contributed by atoms with E-state index in [0.29, 0.717) is 42.6 Å². The Balaban J connectivity index is 1.30. The van der Waals surface area contributed by atoms with Crippen molar-refractivity contribution in [1.29, 1.82) is 0 Å². The minimum atomic E-state index is -0.866. The number of aliphatic hydroxyl groups excluding tert-OH is 1. The van der Waals surface area contributed by atoms with E-state index in [0.717, 1.165) is 18.4 Å². The number of hydrogen-bond acceptors (Lipinski definition) is 5. The molecule has 0 bridgehead atoms. The Hall–Kier alpha value is -3.60. The summed E-state index contributed by atoms with van der Waals surface area (Å²) in [5.74, 6) is 6.38. The lowest BCUT2D eigenvalue weighted by molar-refractivity contribution is -0.0275. The third kappa shape index (κ3) is 7.45. The molecule has 1 saturated heterocycles. The minimum Gasteiger partial charge on any atom is -0.448 e. The standard InChI is InChI=1S/C30H33FN2O4/c1-30(2,3)37-29(35)32-20-21-7-6-9-24(19-21)22-15-17-33(18-16-22)28(34)27-14-13-25(36-27)12-11-23-8-4-5-10-26(23)31/h4-10,13-14,19,22,28,34H,15-18,20H2,1-3H3,(H,32,35). The van der Waals surface area contributed by atoms with Gasteiger partial charge in [-0.1, -0.05) is 42.3 Å². The van der Waals surface area contributed by atoms with E-state index in [4.69, 9.17) is 9.15 Å². The van der Waals surface area contributed by atoms with Gasteiger partial charge in [-0.15, -0.1) is 0 Å². The Morgan fingerprint density at radius 3 is 2.62 bits per heavy atom. The summed E-state index contributed by atoms with van der Waals surface area (Å²) in [6.45, 7) is 7.34. The predicted octanol–water partition coefficient (Wildman–Crippen LogP) is 5.71. The van der Waals surface area contributed by atoms with Crippen LogP contribution in [-0.4, -0.2) is 34.8 Å². The highest BCUT2D eigenvalue weighted by Crippen LogP contribution is 2.32. The van der Waals surface area contributed by atoms with Crippen LogP contribution >= 0.6 is 0 Å². The third-order valence-electron chi connectivity index (χ3n) is 6.21. The maximum absolute atomic E-state index is 13.8. The van der Waals surface area contributed by atoms with Gasteiger partial charge in [0.05, 0.1) is 5.56 Å². The van der Waals surface area contributed by atoms with Crippen LogP contribution in [0.4, 0.5) is 9.18 Å². The number of nitrogens with zero attached hydrogens (tertiary/aromatic N) is 1. The Morgan fingerprint density at radius 2 is 1.89 bits per heavy atom. The van der Waals surface area contributed by atoms with Crippen LogP contribution in [0.1, 0.15) is 74.0 Å². The molecule has 194 valence electrons.